The highest BCUT2D eigenvalue weighted by molar-refractivity contribution is 8.14. The van der Waals surface area contributed by atoms with Crippen LogP contribution in [-0.2, 0) is 4.79 Å². The third-order valence-corrected chi connectivity index (χ3v) is 6.22. The molecule has 1 aliphatic heterocycles. The lowest BCUT2D eigenvalue weighted by Crippen LogP contribution is -2.25. The highest BCUT2D eigenvalue weighted by atomic mass is 35.5. The Morgan fingerprint density at radius 1 is 1.29 bits per heavy atom. The molecule has 0 atom stereocenters. The normalized spacial score (nSPS) is 14.1. The Morgan fingerprint density at radius 3 is 2.84 bits per heavy atom. The lowest BCUT2D eigenvalue weighted by atomic mass is 9.99. The van der Waals surface area contributed by atoms with Crippen molar-refractivity contribution in [2.45, 2.75) is 13.8 Å². The van der Waals surface area contributed by atoms with E-state index in [2.05, 4.69) is 10.3 Å². The molecule has 0 saturated heterocycles. The number of ether oxygens (including phenoxy) is 1. The van der Waals surface area contributed by atoms with Crippen LogP contribution in [0.2, 0.25) is 10.0 Å². The number of hydrogen-bond acceptors (Lipinski definition) is 5. The number of thioether (sulfide) groups is 1. The van der Waals surface area contributed by atoms with Gasteiger partial charge in [-0.15, -0.1) is 0 Å². The smallest absolute Gasteiger partial charge is 0.250 e. The highest BCUT2D eigenvalue weighted by Gasteiger charge is 2.17. The molecule has 0 fully saturated rings. The van der Waals surface area contributed by atoms with Crippen LogP contribution in [0.1, 0.15) is 19.4 Å². The van der Waals surface area contributed by atoms with Gasteiger partial charge in [0, 0.05) is 45.0 Å². The van der Waals surface area contributed by atoms with Crippen LogP contribution in [-0.4, -0.2) is 30.0 Å². The minimum Gasteiger partial charge on any atom is -0.493 e. The van der Waals surface area contributed by atoms with Crippen LogP contribution >= 0.6 is 35.0 Å². The van der Waals surface area contributed by atoms with Crippen LogP contribution in [0.5, 0.6) is 5.75 Å². The van der Waals surface area contributed by atoms with Crippen molar-refractivity contribution in [2.75, 3.05) is 18.9 Å². The molecular weight excluding hydrogens is 455 g/mol. The third-order valence-electron chi connectivity index (χ3n) is 4.78. The molecular formula is C23H20Cl2N2O3S. The molecule has 31 heavy (non-hydrogen) atoms. The summed E-state index contributed by atoms with van der Waals surface area (Å²) in [6, 6.07) is 9.15. The van der Waals surface area contributed by atoms with E-state index in [1.807, 2.05) is 32.0 Å². The first-order chi connectivity index (χ1) is 15.0. The standard InChI is InChI=1S/C23H20Cl2N2O3S/c1-3-29-20-11-21-17(18(12-30-21)15-5-4-14(24)9-19(15)25)10-16(20)13(2)8-22(28)27-23-26-6-7-31-23/h4-5,8-12H,3,6-7H2,1-2H3,(H,26,27,28)/b13-8+. The Bertz CT molecular complexity index is 1220. The molecule has 2 aromatic carbocycles. The molecule has 0 unspecified atom stereocenters. The Kier molecular flexibility index (Phi) is 6.60. The van der Waals surface area contributed by atoms with Gasteiger partial charge in [0.25, 0.3) is 0 Å². The molecule has 4 rings (SSSR count). The van der Waals surface area contributed by atoms with Crippen LogP contribution in [0.4, 0.5) is 0 Å². The van der Waals surface area contributed by atoms with E-state index in [1.165, 1.54) is 11.8 Å². The Morgan fingerprint density at radius 2 is 2.13 bits per heavy atom. The fourth-order valence-electron chi connectivity index (χ4n) is 3.38. The van der Waals surface area contributed by atoms with Crippen molar-refractivity contribution in [2.24, 2.45) is 4.99 Å². The Labute approximate surface area is 194 Å². The van der Waals surface area contributed by atoms with Gasteiger partial charge in [0.15, 0.2) is 5.17 Å². The molecule has 0 radical (unpaired) electrons. The van der Waals surface area contributed by atoms with E-state index in [0.717, 1.165) is 39.9 Å². The van der Waals surface area contributed by atoms with Gasteiger partial charge in [-0.2, -0.15) is 0 Å². The quantitative estimate of drug-likeness (QED) is 0.432. The summed E-state index contributed by atoms with van der Waals surface area (Å²) in [5.41, 5.74) is 3.90. The van der Waals surface area contributed by atoms with Crippen molar-refractivity contribution in [3.63, 3.8) is 0 Å². The largest absolute Gasteiger partial charge is 0.493 e. The van der Waals surface area contributed by atoms with Crippen molar-refractivity contribution < 1.29 is 13.9 Å². The molecule has 1 aliphatic rings. The summed E-state index contributed by atoms with van der Waals surface area (Å²) >= 11 is 14.0. The molecule has 1 aromatic heterocycles. The molecule has 0 saturated carbocycles. The molecule has 2 heterocycles. The molecule has 0 spiro atoms. The van der Waals surface area contributed by atoms with Crippen LogP contribution in [0.3, 0.4) is 0 Å². The number of hydrogen-bond donors (Lipinski definition) is 1. The molecule has 5 nitrogen and oxygen atoms in total. The first-order valence-electron chi connectivity index (χ1n) is 9.76. The van der Waals surface area contributed by atoms with E-state index in [9.17, 15) is 4.79 Å². The molecule has 3 aromatic rings. The number of carbonyl (C=O) groups is 1. The van der Waals surface area contributed by atoms with E-state index in [0.29, 0.717) is 33.2 Å². The second-order valence-electron chi connectivity index (χ2n) is 6.90. The number of amides is 1. The number of nitrogens with one attached hydrogen (secondary N) is 1. The first kappa shape index (κ1) is 21.8. The Hall–Kier alpha value is -2.41. The number of benzene rings is 2. The van der Waals surface area contributed by atoms with Gasteiger partial charge in [-0.05, 0) is 37.6 Å². The predicted octanol–water partition coefficient (Wildman–Crippen LogP) is 6.43. The van der Waals surface area contributed by atoms with Crippen molar-refractivity contribution in [1.82, 2.24) is 5.32 Å². The van der Waals surface area contributed by atoms with Gasteiger partial charge in [0.1, 0.15) is 11.3 Å². The second-order valence-corrected chi connectivity index (χ2v) is 8.83. The van der Waals surface area contributed by atoms with Crippen molar-refractivity contribution >= 4 is 62.6 Å². The van der Waals surface area contributed by atoms with Crippen molar-refractivity contribution in [1.29, 1.82) is 0 Å². The number of halogens is 2. The third kappa shape index (κ3) is 4.76. The second kappa shape index (κ2) is 9.39. The number of fused-ring (bicyclic) bond motifs is 1. The molecule has 0 aliphatic carbocycles. The number of rotatable bonds is 5. The Balaban J connectivity index is 1.76. The molecule has 8 heteroatoms. The lowest BCUT2D eigenvalue weighted by molar-refractivity contribution is -0.115. The maximum atomic E-state index is 12.5. The van der Waals surface area contributed by atoms with Gasteiger partial charge in [-0.1, -0.05) is 41.0 Å². The average Bonchev–Trinajstić information content (AvgIpc) is 3.37. The van der Waals surface area contributed by atoms with E-state index in [-0.39, 0.29) is 5.91 Å². The number of allylic oxidation sites excluding steroid dienone is 1. The lowest BCUT2D eigenvalue weighted by Gasteiger charge is -2.12. The summed E-state index contributed by atoms with van der Waals surface area (Å²) in [6.45, 7) is 5.00. The zero-order valence-corrected chi connectivity index (χ0v) is 19.3. The number of amidine groups is 1. The number of nitrogens with zero attached hydrogens (tertiary/aromatic N) is 1. The summed E-state index contributed by atoms with van der Waals surface area (Å²) in [5.74, 6) is 1.31. The van der Waals surface area contributed by atoms with E-state index in [4.69, 9.17) is 32.4 Å². The number of carbonyl (C=O) groups excluding carboxylic acids is 1. The molecule has 1 N–H and O–H groups in total. The topological polar surface area (TPSA) is 63.8 Å². The molecule has 1 amide bonds. The minimum atomic E-state index is -0.221. The van der Waals surface area contributed by atoms with Gasteiger partial charge in [0.05, 0.1) is 24.4 Å². The molecule has 160 valence electrons. The zero-order valence-electron chi connectivity index (χ0n) is 17.0. The average molecular weight is 475 g/mol. The van der Waals surface area contributed by atoms with Gasteiger partial charge >= 0.3 is 0 Å². The molecule has 0 bridgehead atoms. The first-order valence-corrected chi connectivity index (χ1v) is 11.5. The van der Waals surface area contributed by atoms with Crippen LogP contribution in [0.15, 0.2) is 52.1 Å². The van der Waals surface area contributed by atoms with Crippen LogP contribution < -0.4 is 10.1 Å². The monoisotopic (exact) mass is 474 g/mol. The summed E-state index contributed by atoms with van der Waals surface area (Å²) in [5, 5.41) is 5.45. The summed E-state index contributed by atoms with van der Waals surface area (Å²) in [7, 11) is 0. The van der Waals surface area contributed by atoms with E-state index < -0.39 is 0 Å². The van der Waals surface area contributed by atoms with Gasteiger partial charge < -0.3 is 14.5 Å². The van der Waals surface area contributed by atoms with Crippen LogP contribution in [0, 0.1) is 0 Å². The summed E-state index contributed by atoms with van der Waals surface area (Å²) < 4.78 is 11.6. The summed E-state index contributed by atoms with van der Waals surface area (Å²) in [4.78, 5) is 16.7. The number of aliphatic imine (C=N–C) groups is 1. The van der Waals surface area contributed by atoms with E-state index >= 15 is 0 Å². The predicted molar refractivity (Wildman–Crippen MR) is 129 cm³/mol. The fourth-order valence-corrected chi connectivity index (χ4v) is 4.62. The fraction of sp³-hybridized carbons (Fsp3) is 0.217. The van der Waals surface area contributed by atoms with Crippen molar-refractivity contribution in [3.05, 3.63) is 58.3 Å². The summed E-state index contributed by atoms with van der Waals surface area (Å²) in [6.07, 6.45) is 3.22. The van der Waals surface area contributed by atoms with Crippen molar-refractivity contribution in [3.8, 4) is 16.9 Å². The minimum absolute atomic E-state index is 0.221. The maximum absolute atomic E-state index is 12.5. The van der Waals surface area contributed by atoms with Gasteiger partial charge in [0.2, 0.25) is 5.91 Å². The highest BCUT2D eigenvalue weighted by Crippen LogP contribution is 2.40. The number of furan rings is 1. The van der Waals surface area contributed by atoms with Gasteiger partial charge in [-0.3, -0.25) is 9.79 Å². The van der Waals surface area contributed by atoms with Crippen LogP contribution in [0.25, 0.3) is 27.7 Å². The zero-order chi connectivity index (χ0) is 22.0. The maximum Gasteiger partial charge on any atom is 0.250 e. The van der Waals surface area contributed by atoms with E-state index in [1.54, 1.807) is 24.5 Å². The van der Waals surface area contributed by atoms with Gasteiger partial charge in [-0.25, -0.2) is 0 Å². The SMILES string of the molecule is CCOc1cc2occ(-c3ccc(Cl)cc3Cl)c2cc1/C(C)=C/C(=O)NC1=NCCS1.